The van der Waals surface area contributed by atoms with Crippen LogP contribution in [0, 0.1) is 5.92 Å². The van der Waals surface area contributed by atoms with Crippen LogP contribution < -0.4 is 20.9 Å². The molecule has 1 aromatic carbocycles. The molecule has 26 heavy (non-hydrogen) atoms. The van der Waals surface area contributed by atoms with Crippen LogP contribution in [0.2, 0.25) is 0 Å². The number of carbonyl (C=O) groups is 1. The molecule has 3 N–H and O–H groups in total. The lowest BCUT2D eigenvalue weighted by Gasteiger charge is -2.19. The quantitative estimate of drug-likeness (QED) is 0.635. The molecule has 1 aliphatic heterocycles. The number of amides is 1. The first-order valence-corrected chi connectivity index (χ1v) is 9.16. The number of aromatic nitrogens is 1. The summed E-state index contributed by atoms with van der Waals surface area (Å²) in [4.78, 5) is 16.8. The van der Waals surface area contributed by atoms with Gasteiger partial charge in [-0.2, -0.15) is 0 Å². The van der Waals surface area contributed by atoms with E-state index in [-0.39, 0.29) is 17.9 Å². The third-order valence-electron chi connectivity index (χ3n) is 4.49. The Balaban J connectivity index is 1.57. The van der Waals surface area contributed by atoms with Gasteiger partial charge in [-0.3, -0.25) is 15.2 Å². The lowest BCUT2D eigenvalue weighted by molar-refractivity contribution is -0.125. The average Bonchev–Trinajstić information content (AvgIpc) is 3.18. The van der Waals surface area contributed by atoms with Crippen molar-refractivity contribution in [1.29, 1.82) is 0 Å². The molecular weight excluding hydrogens is 328 g/mol. The summed E-state index contributed by atoms with van der Waals surface area (Å²) in [6.07, 6.45) is 3.90. The van der Waals surface area contributed by atoms with Crippen molar-refractivity contribution in [2.45, 2.75) is 32.4 Å². The zero-order valence-corrected chi connectivity index (χ0v) is 15.1. The van der Waals surface area contributed by atoms with Gasteiger partial charge >= 0.3 is 0 Å². The number of benzene rings is 1. The van der Waals surface area contributed by atoms with Gasteiger partial charge in [0.25, 0.3) is 0 Å². The van der Waals surface area contributed by atoms with E-state index < -0.39 is 0 Å². The van der Waals surface area contributed by atoms with Crippen molar-refractivity contribution in [2.24, 2.45) is 5.92 Å². The fourth-order valence-corrected chi connectivity index (χ4v) is 2.97. The van der Waals surface area contributed by atoms with Crippen LogP contribution in [0.25, 0.3) is 0 Å². The van der Waals surface area contributed by atoms with Gasteiger partial charge in [-0.1, -0.05) is 31.5 Å². The van der Waals surface area contributed by atoms with Crippen LogP contribution >= 0.6 is 0 Å². The first-order valence-electron chi connectivity index (χ1n) is 9.16. The van der Waals surface area contributed by atoms with Crippen molar-refractivity contribution in [3.63, 3.8) is 0 Å². The maximum Gasteiger partial charge on any atom is 0.226 e. The monoisotopic (exact) mass is 354 g/mol. The van der Waals surface area contributed by atoms with Crippen molar-refractivity contribution < 1.29 is 9.53 Å². The number of pyridine rings is 1. The van der Waals surface area contributed by atoms with E-state index in [0.29, 0.717) is 13.1 Å². The SMILES string of the molecule is CCCCOc1ccc(C2NNCC2C(=O)NCc2ccccn2)cc1. The number of nitrogens with zero attached hydrogens (tertiary/aromatic N) is 1. The summed E-state index contributed by atoms with van der Waals surface area (Å²) in [6.45, 7) is 3.91. The van der Waals surface area contributed by atoms with Crippen molar-refractivity contribution in [3.8, 4) is 5.75 Å². The molecule has 0 radical (unpaired) electrons. The van der Waals surface area contributed by atoms with E-state index in [1.54, 1.807) is 6.20 Å². The minimum atomic E-state index is -0.175. The van der Waals surface area contributed by atoms with Crippen molar-refractivity contribution in [1.82, 2.24) is 21.2 Å². The van der Waals surface area contributed by atoms with Gasteiger partial charge in [0.15, 0.2) is 0 Å². The van der Waals surface area contributed by atoms with Gasteiger partial charge < -0.3 is 10.1 Å². The Kier molecular flexibility index (Phi) is 6.57. The number of rotatable bonds is 8. The molecule has 2 unspecified atom stereocenters. The van der Waals surface area contributed by atoms with Gasteiger partial charge in [0.1, 0.15) is 5.75 Å². The summed E-state index contributed by atoms with van der Waals surface area (Å²) >= 11 is 0. The Bertz CT molecular complexity index is 691. The zero-order chi connectivity index (χ0) is 18.2. The van der Waals surface area contributed by atoms with Crippen LogP contribution in [0.4, 0.5) is 0 Å². The number of hydrazine groups is 1. The van der Waals surface area contributed by atoms with E-state index in [4.69, 9.17) is 4.74 Å². The van der Waals surface area contributed by atoms with Crippen LogP contribution in [0.3, 0.4) is 0 Å². The molecule has 2 aromatic rings. The highest BCUT2D eigenvalue weighted by Crippen LogP contribution is 2.26. The normalized spacial score (nSPS) is 19.3. The molecule has 1 saturated heterocycles. The Hall–Kier alpha value is -2.44. The second-order valence-corrected chi connectivity index (χ2v) is 6.42. The van der Waals surface area contributed by atoms with E-state index in [2.05, 4.69) is 28.1 Å². The maximum absolute atomic E-state index is 12.6. The molecule has 0 bridgehead atoms. The number of hydrogen-bond donors (Lipinski definition) is 3. The Labute approximate surface area is 154 Å². The Morgan fingerprint density at radius 2 is 2.12 bits per heavy atom. The molecule has 6 heteroatoms. The van der Waals surface area contributed by atoms with Crippen LogP contribution in [-0.4, -0.2) is 24.0 Å². The summed E-state index contributed by atoms with van der Waals surface area (Å²) in [5.41, 5.74) is 8.22. The molecule has 0 spiro atoms. The minimum absolute atomic E-state index is 0.0152. The third-order valence-corrected chi connectivity index (χ3v) is 4.49. The third kappa shape index (κ3) is 4.80. The molecule has 0 saturated carbocycles. The summed E-state index contributed by atoms with van der Waals surface area (Å²) in [5.74, 6) is 0.705. The predicted octanol–water partition coefficient (Wildman–Crippen LogP) is 2.34. The topological polar surface area (TPSA) is 75.3 Å². The van der Waals surface area contributed by atoms with E-state index in [1.807, 2.05) is 42.5 Å². The van der Waals surface area contributed by atoms with Crippen molar-refractivity contribution in [2.75, 3.05) is 13.2 Å². The van der Waals surface area contributed by atoms with E-state index >= 15 is 0 Å². The van der Waals surface area contributed by atoms with Crippen LogP contribution in [0.1, 0.15) is 37.1 Å². The first-order chi connectivity index (χ1) is 12.8. The highest BCUT2D eigenvalue weighted by molar-refractivity contribution is 5.80. The van der Waals surface area contributed by atoms with Crippen molar-refractivity contribution in [3.05, 3.63) is 59.9 Å². The molecule has 1 amide bonds. The van der Waals surface area contributed by atoms with Gasteiger partial charge in [-0.15, -0.1) is 0 Å². The fraction of sp³-hybridized carbons (Fsp3) is 0.400. The zero-order valence-electron chi connectivity index (χ0n) is 15.1. The Morgan fingerprint density at radius 3 is 2.85 bits per heavy atom. The second-order valence-electron chi connectivity index (χ2n) is 6.42. The molecule has 138 valence electrons. The number of unbranched alkanes of at least 4 members (excludes halogenated alkanes) is 1. The molecule has 2 heterocycles. The molecule has 2 atom stereocenters. The van der Waals surface area contributed by atoms with Gasteiger partial charge in [-0.25, -0.2) is 5.43 Å². The van der Waals surface area contributed by atoms with E-state index in [9.17, 15) is 4.79 Å². The molecule has 0 aliphatic carbocycles. The lowest BCUT2D eigenvalue weighted by Crippen LogP contribution is -2.34. The first kappa shape index (κ1) is 18.4. The highest BCUT2D eigenvalue weighted by Gasteiger charge is 2.33. The second kappa shape index (κ2) is 9.31. The predicted molar refractivity (Wildman–Crippen MR) is 100 cm³/mol. The molecule has 1 aliphatic rings. The van der Waals surface area contributed by atoms with Gasteiger partial charge in [-0.05, 0) is 36.2 Å². The molecule has 1 aromatic heterocycles. The number of ether oxygens (including phenoxy) is 1. The molecule has 6 nitrogen and oxygen atoms in total. The summed E-state index contributed by atoms with van der Waals surface area (Å²) < 4.78 is 5.70. The minimum Gasteiger partial charge on any atom is -0.494 e. The summed E-state index contributed by atoms with van der Waals surface area (Å²) in [5, 5.41) is 2.98. The highest BCUT2D eigenvalue weighted by atomic mass is 16.5. The fourth-order valence-electron chi connectivity index (χ4n) is 2.97. The number of nitrogens with one attached hydrogen (secondary N) is 3. The number of carbonyl (C=O) groups excluding carboxylic acids is 1. The maximum atomic E-state index is 12.6. The van der Waals surface area contributed by atoms with Crippen LogP contribution in [0.5, 0.6) is 5.75 Å². The smallest absolute Gasteiger partial charge is 0.226 e. The Morgan fingerprint density at radius 1 is 1.27 bits per heavy atom. The van der Waals surface area contributed by atoms with E-state index in [0.717, 1.165) is 36.5 Å². The van der Waals surface area contributed by atoms with Crippen LogP contribution in [-0.2, 0) is 11.3 Å². The van der Waals surface area contributed by atoms with E-state index in [1.165, 1.54) is 0 Å². The van der Waals surface area contributed by atoms with Gasteiger partial charge in [0.05, 0.1) is 30.8 Å². The molecule has 1 fully saturated rings. The average molecular weight is 354 g/mol. The largest absolute Gasteiger partial charge is 0.494 e. The van der Waals surface area contributed by atoms with Gasteiger partial charge in [0.2, 0.25) is 5.91 Å². The van der Waals surface area contributed by atoms with Crippen molar-refractivity contribution >= 4 is 5.91 Å². The molecular formula is C20H26N4O2. The molecule has 3 rings (SSSR count). The summed E-state index contributed by atoms with van der Waals surface area (Å²) in [6, 6.07) is 13.6. The standard InChI is InChI=1S/C20H26N4O2/c1-2-3-12-26-17-9-7-15(8-10-17)19-18(14-23-24-19)20(25)22-13-16-6-4-5-11-21-16/h4-11,18-19,23-24H,2-3,12-14H2,1H3,(H,22,25). The lowest BCUT2D eigenvalue weighted by atomic mass is 9.94. The van der Waals surface area contributed by atoms with Gasteiger partial charge in [0, 0.05) is 12.7 Å². The number of hydrogen-bond acceptors (Lipinski definition) is 5. The van der Waals surface area contributed by atoms with Crippen LogP contribution in [0.15, 0.2) is 48.7 Å². The summed E-state index contributed by atoms with van der Waals surface area (Å²) in [7, 11) is 0.